The average Bonchev–Trinajstić information content (AvgIpc) is 2.53. The second kappa shape index (κ2) is 10.4. The monoisotopic (exact) mass is 368 g/mol. The highest BCUT2D eigenvalue weighted by molar-refractivity contribution is 6.74. The van der Waals surface area contributed by atoms with Gasteiger partial charge in [0.2, 0.25) is 5.95 Å². The summed E-state index contributed by atoms with van der Waals surface area (Å²) in [6.07, 6.45) is 9.60. The molecule has 1 aromatic rings. The van der Waals surface area contributed by atoms with Gasteiger partial charge in [0.15, 0.2) is 8.32 Å². The van der Waals surface area contributed by atoms with Crippen molar-refractivity contribution in [3.8, 4) is 0 Å². The van der Waals surface area contributed by atoms with Gasteiger partial charge >= 0.3 is 0 Å². The lowest BCUT2D eigenvalue weighted by atomic mass is 10.0. The molecule has 0 aromatic carbocycles. The van der Waals surface area contributed by atoms with E-state index in [1.165, 1.54) is 31.7 Å². The van der Waals surface area contributed by atoms with E-state index in [4.69, 9.17) is 10.2 Å². The van der Waals surface area contributed by atoms with Crippen molar-refractivity contribution in [1.82, 2.24) is 4.98 Å². The molecular formula is C20H37FN2OSi. The van der Waals surface area contributed by atoms with E-state index in [1.807, 2.05) is 6.07 Å². The number of unbranched alkanes of at least 4 members (excludes halogenated alkanes) is 4. The van der Waals surface area contributed by atoms with E-state index in [9.17, 15) is 4.39 Å². The van der Waals surface area contributed by atoms with Crippen LogP contribution in [0.3, 0.4) is 0 Å². The normalized spacial score (nSPS) is 13.9. The number of nitrogens with zero attached hydrogens (tertiary/aromatic N) is 1. The van der Waals surface area contributed by atoms with E-state index in [-0.39, 0.29) is 11.1 Å². The first-order valence-electron chi connectivity index (χ1n) is 9.62. The molecule has 3 nitrogen and oxygen atoms in total. The summed E-state index contributed by atoms with van der Waals surface area (Å²) in [5.74, 6) is -0.405. The molecule has 5 heteroatoms. The molecule has 1 aromatic heterocycles. The fraction of sp³-hybridized carbons (Fsp3) is 0.750. The number of hydrogen-bond donors (Lipinski definition) is 1. The van der Waals surface area contributed by atoms with Crippen molar-refractivity contribution in [3.63, 3.8) is 0 Å². The number of hydrogen-bond acceptors (Lipinski definition) is 3. The molecule has 0 aliphatic rings. The van der Waals surface area contributed by atoms with Crippen LogP contribution in [0.25, 0.3) is 0 Å². The molecular weight excluding hydrogens is 331 g/mol. The Labute approximate surface area is 154 Å². The number of pyridine rings is 1. The molecule has 0 spiro atoms. The maximum Gasteiger partial charge on any atom is 0.212 e. The third-order valence-corrected chi connectivity index (χ3v) is 9.79. The van der Waals surface area contributed by atoms with Crippen LogP contribution in [0.1, 0.15) is 64.9 Å². The molecule has 0 radical (unpaired) electrons. The highest BCUT2D eigenvalue weighted by Gasteiger charge is 2.37. The highest BCUT2D eigenvalue weighted by atomic mass is 28.4. The molecule has 1 atom stereocenters. The van der Waals surface area contributed by atoms with E-state index in [1.54, 1.807) is 6.20 Å². The summed E-state index contributed by atoms with van der Waals surface area (Å²) in [6.45, 7) is 12.0. The van der Waals surface area contributed by atoms with Crippen molar-refractivity contribution < 1.29 is 8.82 Å². The SMILES string of the molecule is CC(C)(C)[Si](C)(C)OC[C@H](N)CCCCCCCc1ccc(F)nc1. The number of halogens is 1. The number of aromatic nitrogens is 1. The van der Waals surface area contributed by atoms with Crippen molar-refractivity contribution >= 4 is 8.32 Å². The lowest BCUT2D eigenvalue weighted by molar-refractivity contribution is 0.255. The Bertz CT molecular complexity index is 485. The number of aryl methyl sites for hydroxylation is 1. The third-order valence-electron chi connectivity index (χ3n) is 5.29. The van der Waals surface area contributed by atoms with Crippen molar-refractivity contribution in [3.05, 3.63) is 29.8 Å². The molecule has 0 bridgehead atoms. The fourth-order valence-electron chi connectivity index (χ4n) is 2.44. The standard InChI is InChI=1S/C20H37FN2OSi/c1-20(2,3)25(4,5)24-16-18(22)12-10-8-6-7-9-11-17-13-14-19(21)23-15-17/h13-15,18H,6-12,16,22H2,1-5H3/t18-/m1/s1. The molecule has 0 unspecified atom stereocenters. The highest BCUT2D eigenvalue weighted by Crippen LogP contribution is 2.36. The van der Waals surface area contributed by atoms with E-state index >= 15 is 0 Å². The minimum Gasteiger partial charge on any atom is -0.415 e. The lowest BCUT2D eigenvalue weighted by Gasteiger charge is -2.37. The molecule has 0 fully saturated rings. The maximum atomic E-state index is 12.7. The Hall–Kier alpha value is -0.783. The van der Waals surface area contributed by atoms with Crippen LogP contribution in [0, 0.1) is 5.95 Å². The summed E-state index contributed by atoms with van der Waals surface area (Å²) in [5.41, 5.74) is 7.33. The minimum atomic E-state index is -1.68. The summed E-state index contributed by atoms with van der Waals surface area (Å²) in [5, 5.41) is 0.243. The Morgan fingerprint density at radius 2 is 1.76 bits per heavy atom. The van der Waals surface area contributed by atoms with Gasteiger partial charge in [-0.25, -0.2) is 4.98 Å². The average molecular weight is 369 g/mol. The predicted molar refractivity (Wildman–Crippen MR) is 107 cm³/mol. The second-order valence-electron chi connectivity index (χ2n) is 8.63. The van der Waals surface area contributed by atoms with Crippen LogP contribution in [-0.2, 0) is 10.8 Å². The van der Waals surface area contributed by atoms with Gasteiger partial charge < -0.3 is 10.2 Å². The third kappa shape index (κ3) is 8.93. The molecule has 0 amide bonds. The Balaban J connectivity index is 2.04. The summed E-state index contributed by atoms with van der Waals surface area (Å²) < 4.78 is 18.9. The molecule has 0 saturated carbocycles. The van der Waals surface area contributed by atoms with Crippen molar-refractivity contribution in [1.29, 1.82) is 0 Å². The van der Waals surface area contributed by atoms with E-state index in [2.05, 4.69) is 38.8 Å². The van der Waals surface area contributed by atoms with Gasteiger partial charge in [-0.2, -0.15) is 4.39 Å². The number of nitrogens with two attached hydrogens (primary N) is 1. The van der Waals surface area contributed by atoms with Gasteiger partial charge in [0, 0.05) is 18.8 Å². The van der Waals surface area contributed by atoms with Gasteiger partial charge in [0.25, 0.3) is 0 Å². The summed E-state index contributed by atoms with van der Waals surface area (Å²) >= 11 is 0. The smallest absolute Gasteiger partial charge is 0.212 e. The molecule has 0 aliphatic heterocycles. The molecule has 1 rings (SSSR count). The summed E-state index contributed by atoms with van der Waals surface area (Å²) in [4.78, 5) is 3.69. The van der Waals surface area contributed by atoms with Crippen LogP contribution >= 0.6 is 0 Å². The minimum absolute atomic E-state index is 0.152. The largest absolute Gasteiger partial charge is 0.415 e. The van der Waals surface area contributed by atoms with E-state index < -0.39 is 14.3 Å². The zero-order chi connectivity index (χ0) is 18.9. The van der Waals surface area contributed by atoms with Gasteiger partial charge in [-0.05, 0) is 49.0 Å². The Morgan fingerprint density at radius 1 is 1.12 bits per heavy atom. The van der Waals surface area contributed by atoms with E-state index in [0.29, 0.717) is 6.61 Å². The second-order valence-corrected chi connectivity index (χ2v) is 13.4. The van der Waals surface area contributed by atoms with E-state index in [0.717, 1.165) is 24.8 Å². The van der Waals surface area contributed by atoms with Crippen LogP contribution in [0.2, 0.25) is 18.1 Å². The van der Waals surface area contributed by atoms with Gasteiger partial charge in [-0.15, -0.1) is 0 Å². The molecule has 25 heavy (non-hydrogen) atoms. The zero-order valence-electron chi connectivity index (χ0n) is 16.8. The van der Waals surface area contributed by atoms with Crippen LogP contribution in [0.4, 0.5) is 4.39 Å². The molecule has 1 heterocycles. The molecule has 2 N–H and O–H groups in total. The van der Waals surface area contributed by atoms with Crippen LogP contribution < -0.4 is 5.73 Å². The quantitative estimate of drug-likeness (QED) is 0.321. The molecule has 144 valence electrons. The topological polar surface area (TPSA) is 48.1 Å². The van der Waals surface area contributed by atoms with Crippen LogP contribution in [0.5, 0.6) is 0 Å². The first-order chi connectivity index (χ1) is 11.6. The van der Waals surface area contributed by atoms with Gasteiger partial charge in [-0.1, -0.05) is 52.5 Å². The summed E-state index contributed by atoms with van der Waals surface area (Å²) in [7, 11) is -1.68. The predicted octanol–water partition coefficient (Wildman–Crippen LogP) is 5.45. The lowest BCUT2D eigenvalue weighted by Crippen LogP contribution is -2.44. The van der Waals surface area contributed by atoms with Crippen molar-refractivity contribution in [2.75, 3.05) is 6.61 Å². The first kappa shape index (κ1) is 22.3. The van der Waals surface area contributed by atoms with Crippen LogP contribution in [0.15, 0.2) is 18.3 Å². The first-order valence-corrected chi connectivity index (χ1v) is 12.5. The van der Waals surface area contributed by atoms with Crippen molar-refractivity contribution in [2.45, 2.75) is 89.9 Å². The van der Waals surface area contributed by atoms with Gasteiger partial charge in [0.1, 0.15) is 0 Å². The maximum absolute atomic E-state index is 12.7. The molecule has 0 saturated heterocycles. The van der Waals surface area contributed by atoms with Crippen molar-refractivity contribution in [2.24, 2.45) is 5.73 Å². The van der Waals surface area contributed by atoms with Crippen LogP contribution in [-0.4, -0.2) is 26.0 Å². The Morgan fingerprint density at radius 3 is 2.36 bits per heavy atom. The summed E-state index contributed by atoms with van der Waals surface area (Å²) in [6, 6.07) is 3.41. The Kier molecular flexibility index (Phi) is 9.25. The van der Waals surface area contributed by atoms with Gasteiger partial charge in [0.05, 0.1) is 0 Å². The van der Waals surface area contributed by atoms with Gasteiger partial charge in [-0.3, -0.25) is 0 Å². The molecule has 0 aliphatic carbocycles. The number of rotatable bonds is 11. The zero-order valence-corrected chi connectivity index (χ0v) is 17.8. The fourth-order valence-corrected chi connectivity index (χ4v) is 3.50.